The molecule has 0 aliphatic carbocycles. The topological polar surface area (TPSA) is 52.6 Å². The van der Waals surface area contributed by atoms with E-state index in [2.05, 4.69) is 60.7 Å². The summed E-state index contributed by atoms with van der Waals surface area (Å²) < 4.78 is 10.4. The highest BCUT2D eigenvalue weighted by atomic mass is 16.5. The maximum Gasteiger partial charge on any atom is 0.305 e. The van der Waals surface area contributed by atoms with Gasteiger partial charge in [0.15, 0.2) is 0 Å². The van der Waals surface area contributed by atoms with E-state index in [4.69, 9.17) is 9.47 Å². The first-order valence-electron chi connectivity index (χ1n) is 15.1. The van der Waals surface area contributed by atoms with Crippen LogP contribution in [0.15, 0.2) is 60.7 Å². The average Bonchev–Trinajstić information content (AvgIpc) is 2.95. The van der Waals surface area contributed by atoms with Gasteiger partial charge in [0, 0.05) is 12.8 Å². The molecule has 38 heavy (non-hydrogen) atoms. The number of carbonyl (C=O) groups is 2. The molecule has 210 valence electrons. The van der Waals surface area contributed by atoms with Crippen molar-refractivity contribution in [3.05, 3.63) is 71.8 Å². The maximum atomic E-state index is 11.8. The summed E-state index contributed by atoms with van der Waals surface area (Å²) in [5.41, 5.74) is 2.84. The fourth-order valence-electron chi connectivity index (χ4n) is 5.15. The Kier molecular flexibility index (Phi) is 16.9. The lowest BCUT2D eigenvalue weighted by Gasteiger charge is -2.29. The van der Waals surface area contributed by atoms with Gasteiger partial charge in [0.25, 0.3) is 0 Å². The molecule has 0 aliphatic heterocycles. The van der Waals surface area contributed by atoms with Crippen LogP contribution in [0.2, 0.25) is 0 Å². The molecule has 2 aromatic rings. The first-order valence-corrected chi connectivity index (χ1v) is 15.1. The van der Waals surface area contributed by atoms with E-state index >= 15 is 0 Å². The molecule has 2 rings (SSSR count). The van der Waals surface area contributed by atoms with Crippen LogP contribution in [0.5, 0.6) is 0 Å². The number of hydrogen-bond acceptors (Lipinski definition) is 4. The highest BCUT2D eigenvalue weighted by molar-refractivity contribution is 5.69. The molecule has 2 unspecified atom stereocenters. The van der Waals surface area contributed by atoms with Crippen molar-refractivity contribution in [2.75, 3.05) is 13.2 Å². The zero-order valence-electron chi connectivity index (χ0n) is 23.9. The summed E-state index contributed by atoms with van der Waals surface area (Å²) in [5, 5.41) is 0. The van der Waals surface area contributed by atoms with Crippen LogP contribution in [0.4, 0.5) is 0 Å². The van der Waals surface area contributed by atoms with Gasteiger partial charge in [-0.2, -0.15) is 0 Å². The molecule has 0 aliphatic rings. The van der Waals surface area contributed by atoms with Crippen LogP contribution >= 0.6 is 0 Å². The van der Waals surface area contributed by atoms with Crippen molar-refractivity contribution < 1.29 is 19.1 Å². The predicted octanol–water partition coefficient (Wildman–Crippen LogP) is 9.14. The summed E-state index contributed by atoms with van der Waals surface area (Å²) in [4.78, 5) is 23.5. The number of rotatable bonds is 21. The van der Waals surface area contributed by atoms with Crippen molar-refractivity contribution in [2.45, 2.75) is 116 Å². The molecule has 0 saturated carbocycles. The van der Waals surface area contributed by atoms with Crippen LogP contribution in [0, 0.1) is 0 Å². The zero-order chi connectivity index (χ0) is 27.3. The molecular formula is C34H50O4. The lowest BCUT2D eigenvalue weighted by atomic mass is 9.76. The van der Waals surface area contributed by atoms with Gasteiger partial charge in [0.05, 0.1) is 13.2 Å². The summed E-state index contributed by atoms with van der Waals surface area (Å²) in [7, 11) is 0. The highest BCUT2D eigenvalue weighted by Gasteiger charge is 2.24. The molecule has 0 amide bonds. The number of benzene rings is 2. The van der Waals surface area contributed by atoms with E-state index in [9.17, 15) is 9.59 Å². The minimum Gasteiger partial charge on any atom is -0.466 e. The normalized spacial score (nSPS) is 12.6. The Bertz CT molecular complexity index is 791. The number of ether oxygens (including phenoxy) is 2. The van der Waals surface area contributed by atoms with Crippen LogP contribution in [0.25, 0.3) is 0 Å². The van der Waals surface area contributed by atoms with E-state index in [0.29, 0.717) is 37.9 Å². The van der Waals surface area contributed by atoms with E-state index < -0.39 is 0 Å². The molecule has 4 heteroatoms. The van der Waals surface area contributed by atoms with E-state index in [-0.39, 0.29) is 11.9 Å². The first kappa shape index (κ1) is 31.6. The molecule has 0 fully saturated rings. The molecule has 0 radical (unpaired) electrons. The van der Waals surface area contributed by atoms with Crippen molar-refractivity contribution in [1.82, 2.24) is 0 Å². The monoisotopic (exact) mass is 522 g/mol. The van der Waals surface area contributed by atoms with Gasteiger partial charge in [-0.25, -0.2) is 0 Å². The number of unbranched alkanes of at least 4 members (excludes halogenated alkanes) is 6. The molecule has 2 aromatic carbocycles. The van der Waals surface area contributed by atoms with Crippen LogP contribution in [-0.2, 0) is 19.1 Å². The van der Waals surface area contributed by atoms with Gasteiger partial charge in [0.2, 0.25) is 0 Å². The Morgan fingerprint density at radius 3 is 1.29 bits per heavy atom. The molecule has 0 N–H and O–H groups in total. The Hall–Kier alpha value is -2.62. The summed E-state index contributed by atoms with van der Waals surface area (Å²) in [5.74, 6) is 0.821. The second-order valence-electron chi connectivity index (χ2n) is 10.4. The van der Waals surface area contributed by atoms with Gasteiger partial charge in [-0.1, -0.05) is 113 Å². The molecule has 0 spiro atoms. The molecule has 0 heterocycles. The van der Waals surface area contributed by atoms with Crippen LogP contribution in [-0.4, -0.2) is 25.2 Å². The van der Waals surface area contributed by atoms with Crippen molar-refractivity contribution in [1.29, 1.82) is 0 Å². The Morgan fingerprint density at radius 1 is 0.553 bits per heavy atom. The van der Waals surface area contributed by atoms with Crippen LogP contribution in [0.1, 0.15) is 127 Å². The second-order valence-corrected chi connectivity index (χ2v) is 10.4. The van der Waals surface area contributed by atoms with Crippen molar-refractivity contribution in [3.8, 4) is 0 Å². The van der Waals surface area contributed by atoms with E-state index in [0.717, 1.165) is 77.0 Å². The van der Waals surface area contributed by atoms with Crippen molar-refractivity contribution >= 4 is 11.9 Å². The molecule has 0 saturated heterocycles. The van der Waals surface area contributed by atoms with Crippen LogP contribution < -0.4 is 0 Å². The third-order valence-electron chi connectivity index (χ3n) is 7.17. The minimum absolute atomic E-state index is 0.0593. The number of hydrogen-bond donors (Lipinski definition) is 0. The van der Waals surface area contributed by atoms with Gasteiger partial charge >= 0.3 is 11.9 Å². The quantitative estimate of drug-likeness (QED) is 0.121. The third kappa shape index (κ3) is 13.3. The maximum absolute atomic E-state index is 11.8. The summed E-state index contributed by atoms with van der Waals surface area (Å²) in [6.45, 7) is 5.10. The SMILES string of the molecule is CCCOC(=O)CCCCCCC(c1ccccc1)C(CCCCCCC(=O)OCCC)c1ccccc1. The second kappa shape index (κ2) is 20.4. The third-order valence-corrected chi connectivity index (χ3v) is 7.17. The molecule has 0 aromatic heterocycles. The standard InChI is InChI=1S/C34H50O4/c1-3-27-37-33(35)25-17-7-5-15-23-31(29-19-11-9-12-20-29)32(30-21-13-10-14-22-30)24-16-6-8-18-26-34(36)38-28-4-2/h9-14,19-22,31-32H,3-8,15-18,23-28H2,1-2H3. The zero-order valence-corrected chi connectivity index (χ0v) is 23.9. The fraction of sp³-hybridized carbons (Fsp3) is 0.588. The molecule has 2 atom stereocenters. The fourth-order valence-corrected chi connectivity index (χ4v) is 5.15. The Labute approximate surface area is 231 Å². The van der Waals surface area contributed by atoms with Gasteiger partial charge in [0.1, 0.15) is 0 Å². The van der Waals surface area contributed by atoms with Crippen LogP contribution in [0.3, 0.4) is 0 Å². The van der Waals surface area contributed by atoms with E-state index in [1.807, 2.05) is 13.8 Å². The lowest BCUT2D eigenvalue weighted by Crippen LogP contribution is -2.12. The lowest BCUT2D eigenvalue weighted by molar-refractivity contribution is -0.144. The molecular weight excluding hydrogens is 472 g/mol. The molecule has 4 nitrogen and oxygen atoms in total. The largest absolute Gasteiger partial charge is 0.466 e. The van der Waals surface area contributed by atoms with E-state index in [1.165, 1.54) is 11.1 Å². The highest BCUT2D eigenvalue weighted by Crippen LogP contribution is 2.40. The smallest absolute Gasteiger partial charge is 0.305 e. The Balaban J connectivity index is 1.91. The van der Waals surface area contributed by atoms with Gasteiger partial charge < -0.3 is 9.47 Å². The predicted molar refractivity (Wildman–Crippen MR) is 156 cm³/mol. The first-order chi connectivity index (χ1) is 18.7. The van der Waals surface area contributed by atoms with Crippen molar-refractivity contribution in [3.63, 3.8) is 0 Å². The van der Waals surface area contributed by atoms with Gasteiger partial charge in [-0.05, 0) is 61.5 Å². The van der Waals surface area contributed by atoms with E-state index in [1.54, 1.807) is 0 Å². The summed E-state index contributed by atoms with van der Waals surface area (Å²) in [6.07, 6.45) is 13.7. The number of esters is 2. The minimum atomic E-state index is -0.0593. The summed E-state index contributed by atoms with van der Waals surface area (Å²) in [6, 6.07) is 22.0. The van der Waals surface area contributed by atoms with Gasteiger partial charge in [-0.15, -0.1) is 0 Å². The van der Waals surface area contributed by atoms with Crippen molar-refractivity contribution in [2.24, 2.45) is 0 Å². The summed E-state index contributed by atoms with van der Waals surface area (Å²) >= 11 is 0. The average molecular weight is 523 g/mol. The number of carbonyl (C=O) groups excluding carboxylic acids is 2. The van der Waals surface area contributed by atoms with Gasteiger partial charge in [-0.3, -0.25) is 9.59 Å². The molecule has 0 bridgehead atoms. The Morgan fingerprint density at radius 2 is 0.921 bits per heavy atom.